The molecule has 2 aromatic heterocycles. The molecule has 0 saturated heterocycles. The van der Waals surface area contributed by atoms with Gasteiger partial charge in [-0.3, -0.25) is 0 Å². The number of rotatable bonds is 9. The van der Waals surface area contributed by atoms with Crippen LogP contribution in [0.3, 0.4) is 0 Å². The lowest BCUT2D eigenvalue weighted by molar-refractivity contribution is 0.465. The summed E-state index contributed by atoms with van der Waals surface area (Å²) in [5, 5.41) is 8.23. The molecule has 7 nitrogen and oxygen atoms in total. The van der Waals surface area contributed by atoms with E-state index in [0.717, 1.165) is 17.5 Å². The van der Waals surface area contributed by atoms with Gasteiger partial charge < -0.3 is 5.32 Å². The largest absolute Gasteiger partial charge is 0.370 e. The number of hydrogen-bond donors (Lipinski definition) is 1. The Morgan fingerprint density at radius 2 is 1.88 bits per heavy atom. The number of nitrogens with one attached hydrogen (secondary N) is 1. The van der Waals surface area contributed by atoms with E-state index >= 15 is 0 Å². The number of aromatic nitrogens is 3. The Labute approximate surface area is 206 Å². The minimum atomic E-state index is -3.54. The predicted octanol–water partition coefficient (Wildman–Crippen LogP) is 3.53. The Bertz CT molecular complexity index is 1410. The van der Waals surface area contributed by atoms with E-state index in [1.165, 1.54) is 4.31 Å². The van der Waals surface area contributed by atoms with Gasteiger partial charge in [0.15, 0.2) is 5.65 Å². The lowest BCUT2D eigenvalue weighted by Crippen LogP contribution is -2.29. The molecule has 174 valence electrons. The van der Waals surface area contributed by atoms with Crippen LogP contribution in [0.4, 0.5) is 5.82 Å². The average Bonchev–Trinajstić information content (AvgIpc) is 3.22. The van der Waals surface area contributed by atoms with E-state index < -0.39 is 10.0 Å². The van der Waals surface area contributed by atoms with Gasteiger partial charge in [0.05, 0.1) is 10.6 Å². The lowest BCUT2D eigenvalue weighted by Gasteiger charge is -2.18. The highest BCUT2D eigenvalue weighted by molar-refractivity contribution is 7.89. The van der Waals surface area contributed by atoms with Gasteiger partial charge in [-0.1, -0.05) is 48.9 Å². The van der Waals surface area contributed by atoms with E-state index in [1.807, 2.05) is 49.4 Å². The van der Waals surface area contributed by atoms with Crippen LogP contribution in [0, 0.1) is 0 Å². The van der Waals surface area contributed by atoms with Crippen molar-refractivity contribution in [3.05, 3.63) is 71.4 Å². The Hall–Kier alpha value is -2.88. The second-order valence-corrected chi connectivity index (χ2v) is 10.4. The van der Waals surface area contributed by atoms with E-state index in [0.29, 0.717) is 52.1 Å². The van der Waals surface area contributed by atoms with Gasteiger partial charge in [0.1, 0.15) is 13.7 Å². The highest BCUT2D eigenvalue weighted by Gasteiger charge is 2.20. The molecular formula is C24H25BClN5O2S. The summed E-state index contributed by atoms with van der Waals surface area (Å²) in [6, 6.07) is 16.3. The van der Waals surface area contributed by atoms with Gasteiger partial charge in [0.25, 0.3) is 0 Å². The van der Waals surface area contributed by atoms with Crippen LogP contribution in [0.5, 0.6) is 0 Å². The molecule has 0 aliphatic carbocycles. The highest BCUT2D eigenvalue weighted by Crippen LogP contribution is 2.28. The summed E-state index contributed by atoms with van der Waals surface area (Å²) in [4.78, 5) is 4.92. The monoisotopic (exact) mass is 493 g/mol. The van der Waals surface area contributed by atoms with Crippen molar-refractivity contribution in [1.82, 2.24) is 18.9 Å². The van der Waals surface area contributed by atoms with Crippen molar-refractivity contribution in [1.29, 1.82) is 0 Å². The van der Waals surface area contributed by atoms with Crippen molar-refractivity contribution in [3.8, 4) is 11.3 Å². The van der Waals surface area contributed by atoms with Crippen LogP contribution in [0.1, 0.15) is 18.9 Å². The van der Waals surface area contributed by atoms with Crippen LogP contribution >= 0.6 is 11.6 Å². The molecule has 0 aliphatic heterocycles. The molecule has 0 amide bonds. The summed E-state index contributed by atoms with van der Waals surface area (Å²) in [6.45, 7) is 2.92. The molecule has 0 bridgehead atoms. The molecule has 0 spiro atoms. The summed E-state index contributed by atoms with van der Waals surface area (Å²) in [5.74, 6) is 0.692. The van der Waals surface area contributed by atoms with Gasteiger partial charge in [-0.25, -0.2) is 17.7 Å². The van der Waals surface area contributed by atoms with Crippen LogP contribution in [0.15, 0.2) is 65.7 Å². The number of fused-ring (bicyclic) bond motifs is 1. The molecule has 0 atom stereocenters. The molecule has 34 heavy (non-hydrogen) atoms. The molecule has 0 unspecified atom stereocenters. The maximum atomic E-state index is 12.9. The summed E-state index contributed by atoms with van der Waals surface area (Å²) in [6.07, 6.45) is 3.00. The van der Waals surface area contributed by atoms with Crippen molar-refractivity contribution in [2.45, 2.75) is 24.7 Å². The first-order valence-corrected chi connectivity index (χ1v) is 12.8. The molecule has 10 heteroatoms. The van der Waals surface area contributed by atoms with E-state index in [4.69, 9.17) is 19.4 Å². The van der Waals surface area contributed by atoms with Crippen molar-refractivity contribution >= 4 is 46.4 Å². The Morgan fingerprint density at radius 1 is 1.15 bits per heavy atom. The molecule has 0 aliphatic rings. The topological polar surface area (TPSA) is 79.6 Å². The minimum Gasteiger partial charge on any atom is -0.370 e. The number of nitrogens with zero attached hydrogens (tertiary/aromatic N) is 4. The number of sulfonamides is 1. The smallest absolute Gasteiger partial charge is 0.242 e. The normalized spacial score (nSPS) is 11.9. The summed E-state index contributed by atoms with van der Waals surface area (Å²) in [5.41, 5.74) is 3.54. The Balaban J connectivity index is 1.47. The molecular weight excluding hydrogens is 469 g/mol. The van der Waals surface area contributed by atoms with Crippen LogP contribution in [0.25, 0.3) is 16.9 Å². The maximum Gasteiger partial charge on any atom is 0.242 e. The molecule has 2 radical (unpaired) electrons. The number of aryl methyl sites for hydroxylation is 1. The van der Waals surface area contributed by atoms with Crippen molar-refractivity contribution in [3.63, 3.8) is 0 Å². The van der Waals surface area contributed by atoms with Crippen LogP contribution < -0.4 is 10.8 Å². The van der Waals surface area contributed by atoms with Crippen LogP contribution in [0.2, 0.25) is 5.02 Å². The van der Waals surface area contributed by atoms with Gasteiger partial charge in [-0.15, -0.1) is 0 Å². The molecule has 0 fully saturated rings. The number of benzene rings is 2. The molecule has 2 heterocycles. The van der Waals surface area contributed by atoms with E-state index in [1.54, 1.807) is 29.9 Å². The van der Waals surface area contributed by atoms with Gasteiger partial charge in [0, 0.05) is 43.0 Å². The standard InChI is InChI=1S/C24H25BClN5O2S/c1-3-17-9-11-18(12-10-17)34(32,33)30(2)14-6-13-27-23-15-22(19-7-4-5-8-21(19)26)29-24-20(25)16-28-31(23)24/h4-5,7-12,15-16,27H,3,6,13-14H2,1-2H3. The van der Waals surface area contributed by atoms with Gasteiger partial charge >= 0.3 is 0 Å². The van der Waals surface area contributed by atoms with Crippen LogP contribution in [-0.4, -0.2) is 55.3 Å². The minimum absolute atomic E-state index is 0.299. The Kier molecular flexibility index (Phi) is 7.26. The average molecular weight is 494 g/mol. The highest BCUT2D eigenvalue weighted by atomic mass is 35.5. The predicted molar refractivity (Wildman–Crippen MR) is 138 cm³/mol. The summed E-state index contributed by atoms with van der Waals surface area (Å²) in [7, 11) is 4.12. The van der Waals surface area contributed by atoms with Crippen LogP contribution in [-0.2, 0) is 16.4 Å². The Morgan fingerprint density at radius 3 is 2.59 bits per heavy atom. The summed E-state index contributed by atoms with van der Waals surface area (Å²) < 4.78 is 28.7. The van der Waals surface area contributed by atoms with E-state index in [9.17, 15) is 8.42 Å². The quantitative estimate of drug-likeness (QED) is 0.285. The molecule has 1 N–H and O–H groups in total. The molecule has 4 rings (SSSR count). The second kappa shape index (κ2) is 10.2. The van der Waals surface area contributed by atoms with Gasteiger partial charge in [-0.05, 0) is 42.1 Å². The van der Waals surface area contributed by atoms with E-state index in [2.05, 4.69) is 15.4 Å². The maximum absolute atomic E-state index is 12.9. The third kappa shape index (κ3) is 4.96. The first-order valence-electron chi connectivity index (χ1n) is 11.0. The number of hydrogen-bond acceptors (Lipinski definition) is 5. The zero-order chi connectivity index (χ0) is 24.3. The number of halogens is 1. The van der Waals surface area contributed by atoms with Crippen molar-refractivity contribution in [2.75, 3.05) is 25.5 Å². The number of anilines is 1. The zero-order valence-corrected chi connectivity index (χ0v) is 20.6. The summed E-state index contributed by atoms with van der Waals surface area (Å²) >= 11 is 6.37. The fraction of sp³-hybridized carbons (Fsp3) is 0.250. The van der Waals surface area contributed by atoms with E-state index in [-0.39, 0.29) is 0 Å². The van der Waals surface area contributed by atoms with Crippen molar-refractivity contribution in [2.24, 2.45) is 0 Å². The lowest BCUT2D eigenvalue weighted by atomic mass is 10.0. The first kappa shape index (κ1) is 24.3. The molecule has 4 aromatic rings. The molecule has 2 aromatic carbocycles. The molecule has 0 saturated carbocycles. The first-order chi connectivity index (χ1) is 16.3. The third-order valence-electron chi connectivity index (χ3n) is 5.64. The fourth-order valence-corrected chi connectivity index (χ4v) is 5.07. The SMILES string of the molecule is [B]c1cnn2c(NCCCN(C)S(=O)(=O)c3ccc(CC)cc3)cc(-c3ccccc3Cl)nc12. The van der Waals surface area contributed by atoms with Crippen molar-refractivity contribution < 1.29 is 8.42 Å². The third-order valence-corrected chi connectivity index (χ3v) is 7.85. The fourth-order valence-electron chi connectivity index (χ4n) is 3.63. The van der Waals surface area contributed by atoms with Gasteiger partial charge in [0.2, 0.25) is 10.0 Å². The zero-order valence-electron chi connectivity index (χ0n) is 19.1. The second-order valence-electron chi connectivity index (χ2n) is 7.95. The van der Waals surface area contributed by atoms with Gasteiger partial charge in [-0.2, -0.15) is 9.61 Å².